The van der Waals surface area contributed by atoms with E-state index in [4.69, 9.17) is 25.8 Å². The number of benzene rings is 3. The van der Waals surface area contributed by atoms with Gasteiger partial charge in [0.2, 0.25) is 0 Å². The lowest BCUT2D eigenvalue weighted by Gasteiger charge is -2.13. The lowest BCUT2D eigenvalue weighted by Crippen LogP contribution is -2.23. The minimum absolute atomic E-state index is 0.177. The molecule has 1 fully saturated rings. The molecule has 0 saturated carbocycles. The van der Waals surface area contributed by atoms with E-state index < -0.39 is 5.97 Å². The van der Waals surface area contributed by atoms with Gasteiger partial charge in [-0.1, -0.05) is 39.7 Å². The van der Waals surface area contributed by atoms with E-state index in [-0.39, 0.29) is 5.91 Å². The summed E-state index contributed by atoms with van der Waals surface area (Å²) >= 11 is 10.8. The molecule has 0 spiro atoms. The molecule has 4 rings (SSSR count). The molecule has 1 aliphatic rings. The van der Waals surface area contributed by atoms with E-state index in [1.807, 2.05) is 36.4 Å². The highest BCUT2D eigenvalue weighted by Gasteiger charge is 2.30. The van der Waals surface area contributed by atoms with Gasteiger partial charge in [-0.15, -0.1) is 0 Å². The van der Waals surface area contributed by atoms with Crippen molar-refractivity contribution in [1.29, 1.82) is 0 Å². The third-order valence-electron chi connectivity index (χ3n) is 5.39. The minimum atomic E-state index is -0.422. The van der Waals surface area contributed by atoms with Crippen molar-refractivity contribution in [2.75, 3.05) is 21.3 Å². The SMILES string of the molecule is COC(=O)c1ccc(N=C2SC(=Cc3cc(OC)c(OCc4ccc(Cl)cc4)cc3Br)C(=O)N2C)cc1. The fourth-order valence-corrected chi connectivity index (χ4v) is 4.91. The van der Waals surface area contributed by atoms with Crippen LogP contribution in [0.4, 0.5) is 5.69 Å². The van der Waals surface area contributed by atoms with Crippen molar-refractivity contribution in [2.45, 2.75) is 6.61 Å². The Balaban J connectivity index is 1.54. The molecule has 0 aliphatic carbocycles. The molecule has 0 radical (unpaired) electrons. The van der Waals surface area contributed by atoms with Gasteiger partial charge in [-0.3, -0.25) is 9.69 Å². The summed E-state index contributed by atoms with van der Waals surface area (Å²) in [7, 11) is 4.56. The zero-order valence-electron chi connectivity index (χ0n) is 20.2. The van der Waals surface area contributed by atoms with Crippen molar-refractivity contribution in [3.05, 3.63) is 91.8 Å². The Bertz CT molecular complexity index is 1390. The van der Waals surface area contributed by atoms with Crippen molar-refractivity contribution in [3.8, 4) is 11.5 Å². The molecular formula is C27H22BrClN2O5S. The summed E-state index contributed by atoms with van der Waals surface area (Å²) < 4.78 is 17.0. The molecule has 1 aliphatic heterocycles. The molecule has 190 valence electrons. The maximum atomic E-state index is 12.9. The van der Waals surface area contributed by atoms with Gasteiger partial charge >= 0.3 is 5.97 Å². The van der Waals surface area contributed by atoms with Crippen molar-refractivity contribution < 1.29 is 23.8 Å². The lowest BCUT2D eigenvalue weighted by molar-refractivity contribution is -0.121. The van der Waals surface area contributed by atoms with Crippen molar-refractivity contribution >= 4 is 68.1 Å². The topological polar surface area (TPSA) is 77.4 Å². The van der Waals surface area contributed by atoms with Gasteiger partial charge in [0.15, 0.2) is 16.7 Å². The number of rotatable bonds is 7. The Morgan fingerprint density at radius 1 is 1.08 bits per heavy atom. The molecular weight excluding hydrogens is 580 g/mol. The van der Waals surface area contributed by atoms with E-state index in [1.54, 1.807) is 44.5 Å². The normalized spacial score (nSPS) is 15.4. The average Bonchev–Trinajstić information content (AvgIpc) is 3.17. The summed E-state index contributed by atoms with van der Waals surface area (Å²) in [6.07, 6.45) is 1.78. The largest absolute Gasteiger partial charge is 0.493 e. The first kappa shape index (κ1) is 26.8. The number of aliphatic imine (C=N–C) groups is 1. The first-order valence-electron chi connectivity index (χ1n) is 11.0. The molecule has 1 saturated heterocycles. The number of hydrogen-bond acceptors (Lipinski definition) is 7. The molecule has 0 N–H and O–H groups in total. The molecule has 3 aromatic rings. The van der Waals surface area contributed by atoms with Gasteiger partial charge in [-0.05, 0) is 77.5 Å². The van der Waals surface area contributed by atoms with Gasteiger partial charge in [-0.25, -0.2) is 9.79 Å². The molecule has 0 unspecified atom stereocenters. The molecule has 0 aromatic heterocycles. The van der Waals surface area contributed by atoms with E-state index in [2.05, 4.69) is 20.9 Å². The van der Waals surface area contributed by atoms with Crippen LogP contribution in [0, 0.1) is 0 Å². The smallest absolute Gasteiger partial charge is 0.337 e. The zero-order chi connectivity index (χ0) is 26.5. The second kappa shape index (κ2) is 11.9. The highest BCUT2D eigenvalue weighted by molar-refractivity contribution is 9.10. The summed E-state index contributed by atoms with van der Waals surface area (Å²) in [5.41, 5.74) is 2.76. The Morgan fingerprint density at radius 3 is 2.43 bits per heavy atom. The Kier molecular flexibility index (Phi) is 8.58. The number of hydrogen-bond donors (Lipinski definition) is 0. The standard InChI is InChI=1S/C27H22BrClN2O5S/c1-31-25(32)24(37-27(31)30-20-10-6-17(7-11-20)26(33)35-3)13-18-12-22(34-2)23(14-21(18)28)36-15-16-4-8-19(29)9-5-16/h4-14H,15H2,1-3H3. The van der Waals surface area contributed by atoms with Gasteiger partial charge in [0.25, 0.3) is 5.91 Å². The van der Waals surface area contributed by atoms with E-state index in [0.717, 1.165) is 15.6 Å². The predicted molar refractivity (Wildman–Crippen MR) is 150 cm³/mol. The van der Waals surface area contributed by atoms with E-state index in [9.17, 15) is 9.59 Å². The quantitative estimate of drug-likeness (QED) is 0.221. The molecule has 0 bridgehead atoms. The molecule has 3 aromatic carbocycles. The van der Waals surface area contributed by atoms with Crippen molar-refractivity contribution in [3.63, 3.8) is 0 Å². The van der Waals surface area contributed by atoms with Crippen LogP contribution < -0.4 is 9.47 Å². The number of carbonyl (C=O) groups is 2. The second-order valence-electron chi connectivity index (χ2n) is 7.85. The molecule has 1 amide bonds. The van der Waals surface area contributed by atoms with Gasteiger partial charge < -0.3 is 14.2 Å². The van der Waals surface area contributed by atoms with Crippen LogP contribution in [0.15, 0.2) is 75.0 Å². The summed E-state index contributed by atoms with van der Waals surface area (Å²) in [4.78, 5) is 31.1. The van der Waals surface area contributed by atoms with Crippen LogP contribution in [0.5, 0.6) is 11.5 Å². The second-order valence-corrected chi connectivity index (χ2v) is 10.1. The van der Waals surface area contributed by atoms with Crippen LogP contribution in [-0.4, -0.2) is 43.2 Å². The Morgan fingerprint density at radius 2 is 1.78 bits per heavy atom. The van der Waals surface area contributed by atoms with Crippen LogP contribution in [0.3, 0.4) is 0 Å². The van der Waals surface area contributed by atoms with Crippen molar-refractivity contribution in [2.24, 2.45) is 4.99 Å². The van der Waals surface area contributed by atoms with Crippen LogP contribution in [-0.2, 0) is 16.1 Å². The number of carbonyl (C=O) groups excluding carboxylic acids is 2. The number of amides is 1. The Labute approximate surface area is 232 Å². The van der Waals surface area contributed by atoms with Crippen LogP contribution in [0.2, 0.25) is 5.02 Å². The number of amidine groups is 1. The summed E-state index contributed by atoms with van der Waals surface area (Å²) in [6.45, 7) is 0.347. The number of halogens is 2. The Hall–Kier alpha value is -3.27. The zero-order valence-corrected chi connectivity index (χ0v) is 23.3. The fourth-order valence-electron chi connectivity index (χ4n) is 3.37. The first-order valence-corrected chi connectivity index (χ1v) is 13.0. The fraction of sp³-hybridized carbons (Fsp3) is 0.148. The van der Waals surface area contributed by atoms with Gasteiger partial charge in [0.1, 0.15) is 6.61 Å². The molecule has 0 atom stereocenters. The minimum Gasteiger partial charge on any atom is -0.493 e. The molecule has 37 heavy (non-hydrogen) atoms. The maximum absolute atomic E-state index is 12.9. The summed E-state index contributed by atoms with van der Waals surface area (Å²) in [5, 5.41) is 1.18. The van der Waals surface area contributed by atoms with Crippen LogP contribution in [0.25, 0.3) is 6.08 Å². The number of esters is 1. The number of thioether (sulfide) groups is 1. The van der Waals surface area contributed by atoms with Crippen LogP contribution >= 0.6 is 39.3 Å². The van der Waals surface area contributed by atoms with Crippen LogP contribution in [0.1, 0.15) is 21.5 Å². The van der Waals surface area contributed by atoms with E-state index in [1.165, 1.54) is 23.8 Å². The predicted octanol–water partition coefficient (Wildman–Crippen LogP) is 6.71. The maximum Gasteiger partial charge on any atom is 0.337 e. The highest BCUT2D eigenvalue weighted by Crippen LogP contribution is 2.38. The van der Waals surface area contributed by atoms with Gasteiger partial charge in [-0.2, -0.15) is 0 Å². The van der Waals surface area contributed by atoms with E-state index in [0.29, 0.717) is 44.5 Å². The monoisotopic (exact) mass is 600 g/mol. The van der Waals surface area contributed by atoms with Gasteiger partial charge in [0, 0.05) is 16.5 Å². The molecule has 7 nitrogen and oxygen atoms in total. The molecule has 10 heteroatoms. The average molecular weight is 602 g/mol. The number of methoxy groups -OCH3 is 2. The number of ether oxygens (including phenoxy) is 3. The highest BCUT2D eigenvalue weighted by atomic mass is 79.9. The third-order valence-corrected chi connectivity index (χ3v) is 7.39. The van der Waals surface area contributed by atoms with E-state index >= 15 is 0 Å². The summed E-state index contributed by atoms with van der Waals surface area (Å²) in [5.74, 6) is 0.497. The third kappa shape index (κ3) is 6.36. The number of nitrogens with zero attached hydrogens (tertiary/aromatic N) is 2. The van der Waals surface area contributed by atoms with Crippen molar-refractivity contribution in [1.82, 2.24) is 4.90 Å². The first-order chi connectivity index (χ1) is 17.8. The van der Waals surface area contributed by atoms with Gasteiger partial charge in [0.05, 0.1) is 30.4 Å². The summed E-state index contributed by atoms with van der Waals surface area (Å²) in [6, 6.07) is 17.7. The lowest BCUT2D eigenvalue weighted by atomic mass is 10.1. The molecule has 1 heterocycles. The number of likely N-dealkylation sites (N-methyl/N-ethyl adjacent to an activating group) is 1.